The molecule has 1 fully saturated rings. The van der Waals surface area contributed by atoms with Crippen molar-refractivity contribution in [2.45, 2.75) is 0 Å². The molecule has 0 spiro atoms. The lowest BCUT2D eigenvalue weighted by Crippen LogP contribution is -2.45. The lowest BCUT2D eigenvalue weighted by molar-refractivity contribution is -0.116. The number of nitrogens with zero attached hydrogens (tertiary/aromatic N) is 6. The Bertz CT molecular complexity index is 1430. The Morgan fingerprint density at radius 1 is 0.925 bits per heavy atom. The van der Waals surface area contributed by atoms with E-state index in [1.165, 1.54) is 5.69 Å². The Labute approximate surface area is 235 Å². The van der Waals surface area contributed by atoms with Crippen molar-refractivity contribution >= 4 is 34.6 Å². The van der Waals surface area contributed by atoms with Gasteiger partial charge in [0.15, 0.2) is 0 Å². The Balaban J connectivity index is 1.16. The Kier molecular flexibility index (Phi) is 8.32. The molecule has 9 nitrogen and oxygen atoms in total. The van der Waals surface area contributed by atoms with Gasteiger partial charge in [-0.3, -0.25) is 9.78 Å². The highest BCUT2D eigenvalue weighted by atomic mass is 16.2. The molecule has 0 radical (unpaired) electrons. The number of anilines is 4. The SMILES string of the molecule is C=C(c1cccnc1)N1CCN(c2ccc(Nc3nccc(-c4ccc(NC(=O)CN(C)C)cc4)n3)cc2)CC1. The molecule has 0 unspecified atom stereocenters. The number of aromatic nitrogens is 3. The zero-order valence-corrected chi connectivity index (χ0v) is 22.9. The minimum Gasteiger partial charge on any atom is -0.368 e. The van der Waals surface area contributed by atoms with Crippen molar-refractivity contribution in [1.29, 1.82) is 0 Å². The van der Waals surface area contributed by atoms with Gasteiger partial charge in [0, 0.05) is 78.7 Å². The van der Waals surface area contributed by atoms with Crippen molar-refractivity contribution in [2.75, 3.05) is 62.4 Å². The molecular weight excluding hydrogens is 500 g/mol. The summed E-state index contributed by atoms with van der Waals surface area (Å²) in [6.45, 7) is 8.29. The number of carbonyl (C=O) groups excluding carboxylic acids is 1. The van der Waals surface area contributed by atoms with Crippen LogP contribution in [0.1, 0.15) is 5.56 Å². The lowest BCUT2D eigenvalue weighted by atomic mass is 10.1. The molecule has 0 saturated carbocycles. The van der Waals surface area contributed by atoms with Crippen LogP contribution in [0.4, 0.5) is 23.0 Å². The molecule has 0 bridgehead atoms. The fourth-order valence-electron chi connectivity index (χ4n) is 4.63. The Hall–Kier alpha value is -4.76. The van der Waals surface area contributed by atoms with E-state index in [0.717, 1.165) is 60.1 Å². The molecule has 0 aliphatic carbocycles. The van der Waals surface area contributed by atoms with Crippen LogP contribution in [-0.2, 0) is 4.79 Å². The fourth-order valence-corrected chi connectivity index (χ4v) is 4.63. The zero-order chi connectivity index (χ0) is 27.9. The van der Waals surface area contributed by atoms with Crippen molar-refractivity contribution in [1.82, 2.24) is 24.8 Å². The molecule has 2 aromatic carbocycles. The van der Waals surface area contributed by atoms with Crippen LogP contribution in [0.25, 0.3) is 17.0 Å². The summed E-state index contributed by atoms with van der Waals surface area (Å²) < 4.78 is 0. The summed E-state index contributed by atoms with van der Waals surface area (Å²) in [5.41, 5.74) is 6.69. The number of rotatable bonds is 9. The van der Waals surface area contributed by atoms with Crippen molar-refractivity contribution in [2.24, 2.45) is 0 Å². The number of hydrogen-bond acceptors (Lipinski definition) is 8. The predicted octanol–water partition coefficient (Wildman–Crippen LogP) is 4.58. The molecule has 1 aliphatic rings. The monoisotopic (exact) mass is 534 g/mol. The standard InChI is InChI=1S/C31H34N8O/c1-23(25-5-4-15-32-21-25)38-17-19-39(20-18-38)28-12-10-27(11-13-28)35-31-33-16-14-29(36-31)24-6-8-26(9-7-24)34-30(40)22-37(2)3/h4-16,21H,1,17-20,22H2,2-3H3,(H,34,40)(H,33,35,36). The number of piperazine rings is 1. The summed E-state index contributed by atoms with van der Waals surface area (Å²) in [5.74, 6) is 0.474. The van der Waals surface area contributed by atoms with Crippen LogP contribution in [0.5, 0.6) is 0 Å². The average Bonchev–Trinajstić information content (AvgIpc) is 2.98. The third kappa shape index (κ3) is 6.81. The third-order valence-electron chi connectivity index (χ3n) is 6.72. The Morgan fingerprint density at radius 2 is 1.65 bits per heavy atom. The van der Waals surface area contributed by atoms with Crippen LogP contribution in [0.2, 0.25) is 0 Å². The predicted molar refractivity (Wildman–Crippen MR) is 161 cm³/mol. The van der Waals surface area contributed by atoms with Gasteiger partial charge in [-0.1, -0.05) is 18.7 Å². The van der Waals surface area contributed by atoms with E-state index in [0.29, 0.717) is 12.5 Å². The van der Waals surface area contributed by atoms with Gasteiger partial charge in [-0.05, 0) is 68.7 Å². The van der Waals surface area contributed by atoms with E-state index in [2.05, 4.69) is 72.3 Å². The topological polar surface area (TPSA) is 89.5 Å². The first-order valence-corrected chi connectivity index (χ1v) is 13.3. The number of likely N-dealkylation sites (N-methyl/N-ethyl adjacent to an activating group) is 1. The summed E-state index contributed by atoms with van der Waals surface area (Å²) >= 11 is 0. The van der Waals surface area contributed by atoms with Gasteiger partial charge < -0.3 is 25.3 Å². The maximum Gasteiger partial charge on any atom is 0.238 e. The summed E-state index contributed by atoms with van der Waals surface area (Å²) in [6.07, 6.45) is 5.39. The third-order valence-corrected chi connectivity index (χ3v) is 6.72. The average molecular weight is 535 g/mol. The summed E-state index contributed by atoms with van der Waals surface area (Å²) in [4.78, 5) is 31.8. The molecule has 1 aliphatic heterocycles. The Morgan fingerprint density at radius 3 is 2.33 bits per heavy atom. The first-order chi connectivity index (χ1) is 19.4. The van der Waals surface area contributed by atoms with Crippen LogP contribution < -0.4 is 15.5 Å². The van der Waals surface area contributed by atoms with Gasteiger partial charge in [-0.15, -0.1) is 0 Å². The van der Waals surface area contributed by atoms with Gasteiger partial charge in [0.2, 0.25) is 11.9 Å². The van der Waals surface area contributed by atoms with Crippen LogP contribution in [0.15, 0.2) is 91.9 Å². The van der Waals surface area contributed by atoms with Gasteiger partial charge in [-0.2, -0.15) is 0 Å². The second-order valence-electron chi connectivity index (χ2n) is 9.96. The first kappa shape index (κ1) is 26.8. The van der Waals surface area contributed by atoms with Crippen LogP contribution in [0, 0.1) is 0 Å². The molecule has 5 rings (SSSR count). The normalized spacial score (nSPS) is 13.3. The summed E-state index contributed by atoms with van der Waals surface area (Å²) in [5, 5.41) is 6.21. The highest BCUT2D eigenvalue weighted by molar-refractivity contribution is 5.92. The quantitative estimate of drug-likeness (QED) is 0.323. The molecule has 4 aromatic rings. The van der Waals surface area contributed by atoms with Gasteiger partial charge >= 0.3 is 0 Å². The van der Waals surface area contributed by atoms with E-state index < -0.39 is 0 Å². The lowest BCUT2D eigenvalue weighted by Gasteiger charge is -2.38. The van der Waals surface area contributed by atoms with Crippen molar-refractivity contribution in [3.63, 3.8) is 0 Å². The number of hydrogen-bond donors (Lipinski definition) is 2. The highest BCUT2D eigenvalue weighted by Gasteiger charge is 2.19. The van der Waals surface area contributed by atoms with E-state index in [4.69, 9.17) is 0 Å². The molecule has 0 atom stereocenters. The van der Waals surface area contributed by atoms with E-state index in [1.807, 2.05) is 61.6 Å². The molecule has 1 amide bonds. The van der Waals surface area contributed by atoms with E-state index in [-0.39, 0.29) is 5.91 Å². The maximum atomic E-state index is 12.0. The van der Waals surface area contributed by atoms with Gasteiger partial charge in [0.05, 0.1) is 12.2 Å². The van der Waals surface area contributed by atoms with E-state index in [1.54, 1.807) is 12.4 Å². The van der Waals surface area contributed by atoms with Crippen molar-refractivity contribution in [3.05, 3.63) is 97.5 Å². The molecule has 204 valence electrons. The van der Waals surface area contributed by atoms with Gasteiger partial charge in [-0.25, -0.2) is 9.97 Å². The van der Waals surface area contributed by atoms with Crippen molar-refractivity contribution in [3.8, 4) is 11.3 Å². The summed E-state index contributed by atoms with van der Waals surface area (Å²) in [7, 11) is 3.73. The van der Waals surface area contributed by atoms with Gasteiger partial charge in [0.25, 0.3) is 0 Å². The summed E-state index contributed by atoms with van der Waals surface area (Å²) in [6, 6.07) is 21.9. The van der Waals surface area contributed by atoms with Crippen LogP contribution >= 0.6 is 0 Å². The van der Waals surface area contributed by atoms with Crippen LogP contribution in [-0.4, -0.2) is 77.5 Å². The maximum absolute atomic E-state index is 12.0. The van der Waals surface area contributed by atoms with E-state index >= 15 is 0 Å². The number of carbonyl (C=O) groups is 1. The second-order valence-corrected chi connectivity index (χ2v) is 9.96. The molecule has 2 N–H and O–H groups in total. The van der Waals surface area contributed by atoms with Crippen LogP contribution in [0.3, 0.4) is 0 Å². The number of benzene rings is 2. The smallest absolute Gasteiger partial charge is 0.238 e. The minimum atomic E-state index is -0.0497. The molecule has 9 heteroatoms. The molecule has 1 saturated heterocycles. The molecule has 2 aromatic heterocycles. The largest absolute Gasteiger partial charge is 0.368 e. The van der Waals surface area contributed by atoms with Crippen molar-refractivity contribution < 1.29 is 4.79 Å². The fraction of sp³-hybridized carbons (Fsp3) is 0.226. The highest BCUT2D eigenvalue weighted by Crippen LogP contribution is 2.25. The van der Waals surface area contributed by atoms with E-state index in [9.17, 15) is 4.79 Å². The minimum absolute atomic E-state index is 0.0497. The number of nitrogens with one attached hydrogen (secondary N) is 2. The molecule has 3 heterocycles. The first-order valence-electron chi connectivity index (χ1n) is 13.3. The number of amides is 1. The second kappa shape index (κ2) is 12.4. The number of pyridine rings is 1. The zero-order valence-electron chi connectivity index (χ0n) is 22.9. The molecule has 40 heavy (non-hydrogen) atoms. The molecular formula is C31H34N8O. The van der Waals surface area contributed by atoms with Gasteiger partial charge in [0.1, 0.15) is 0 Å².